The van der Waals surface area contributed by atoms with E-state index >= 15 is 0 Å². The van der Waals surface area contributed by atoms with E-state index in [0.29, 0.717) is 26.2 Å². The molecule has 1 aromatic heterocycles. The third-order valence-corrected chi connectivity index (χ3v) is 4.12. The van der Waals surface area contributed by atoms with Crippen LogP contribution in [0.5, 0.6) is 0 Å². The van der Waals surface area contributed by atoms with E-state index in [1.165, 1.54) is 11.1 Å². The number of amides is 1. The van der Waals surface area contributed by atoms with Gasteiger partial charge in [-0.3, -0.25) is 9.48 Å². The summed E-state index contributed by atoms with van der Waals surface area (Å²) < 4.78 is 7.44. The van der Waals surface area contributed by atoms with Crippen LogP contribution >= 0.6 is 0 Å². The van der Waals surface area contributed by atoms with Crippen LogP contribution in [0.2, 0.25) is 0 Å². The number of hydrogen-bond acceptors (Lipinski definition) is 3. The number of nitrogens with zero attached hydrogens (tertiary/aromatic N) is 2. The second-order valence-corrected chi connectivity index (χ2v) is 5.67. The summed E-state index contributed by atoms with van der Waals surface area (Å²) in [5.41, 5.74) is 3.49. The van der Waals surface area contributed by atoms with Crippen LogP contribution in [-0.2, 0) is 29.6 Å². The lowest BCUT2D eigenvalue weighted by Gasteiger charge is -2.23. The van der Waals surface area contributed by atoms with Gasteiger partial charge in [-0.15, -0.1) is 0 Å². The van der Waals surface area contributed by atoms with E-state index in [2.05, 4.69) is 10.4 Å². The van der Waals surface area contributed by atoms with Crippen LogP contribution < -0.4 is 5.32 Å². The van der Waals surface area contributed by atoms with Gasteiger partial charge < -0.3 is 10.1 Å². The van der Waals surface area contributed by atoms with Crippen LogP contribution in [0.1, 0.15) is 29.2 Å². The summed E-state index contributed by atoms with van der Waals surface area (Å²) in [6, 6.07) is 10.1. The molecule has 3 rings (SSSR count). The second kappa shape index (κ2) is 6.75. The van der Waals surface area contributed by atoms with Crippen molar-refractivity contribution in [2.45, 2.75) is 25.4 Å². The minimum absolute atomic E-state index is 0.0832. The number of carbonyl (C=O) groups excluding carboxylic acids is 1. The number of aryl methyl sites for hydroxylation is 2. The highest BCUT2D eigenvalue weighted by Crippen LogP contribution is 2.25. The van der Waals surface area contributed by atoms with E-state index in [-0.39, 0.29) is 11.8 Å². The summed E-state index contributed by atoms with van der Waals surface area (Å²) in [6.07, 6.45) is 3.17. The number of hydrogen-bond donors (Lipinski definition) is 1. The Morgan fingerprint density at radius 1 is 1.41 bits per heavy atom. The van der Waals surface area contributed by atoms with Gasteiger partial charge >= 0.3 is 0 Å². The maximum atomic E-state index is 12.0. The Bertz CT molecular complexity index is 637. The molecular weight excluding hydrogens is 278 g/mol. The Morgan fingerprint density at radius 3 is 3.05 bits per heavy atom. The molecule has 0 spiro atoms. The monoisotopic (exact) mass is 299 g/mol. The third kappa shape index (κ3) is 3.36. The van der Waals surface area contributed by atoms with Gasteiger partial charge in [0.25, 0.3) is 0 Å². The lowest BCUT2D eigenvalue weighted by Crippen LogP contribution is -2.32. The van der Waals surface area contributed by atoms with E-state index < -0.39 is 0 Å². The van der Waals surface area contributed by atoms with Crippen LogP contribution in [0.3, 0.4) is 0 Å². The van der Waals surface area contributed by atoms with Crippen molar-refractivity contribution >= 4 is 5.91 Å². The topological polar surface area (TPSA) is 56.1 Å². The minimum atomic E-state index is 0.0832. The summed E-state index contributed by atoms with van der Waals surface area (Å²) in [5, 5.41) is 7.29. The van der Waals surface area contributed by atoms with Crippen molar-refractivity contribution in [2.24, 2.45) is 7.05 Å². The zero-order valence-electron chi connectivity index (χ0n) is 12.8. The van der Waals surface area contributed by atoms with Gasteiger partial charge in [0.15, 0.2) is 0 Å². The lowest BCUT2D eigenvalue weighted by molar-refractivity contribution is -0.121. The summed E-state index contributed by atoms with van der Waals surface area (Å²) in [4.78, 5) is 12.0. The van der Waals surface area contributed by atoms with Gasteiger partial charge in [0.05, 0.1) is 25.1 Å². The van der Waals surface area contributed by atoms with Gasteiger partial charge in [0, 0.05) is 31.5 Å². The van der Waals surface area contributed by atoms with Crippen molar-refractivity contribution in [2.75, 3.05) is 13.2 Å². The predicted octanol–water partition coefficient (Wildman–Crippen LogP) is 1.78. The van der Waals surface area contributed by atoms with Crippen LogP contribution in [0.25, 0.3) is 0 Å². The Morgan fingerprint density at radius 2 is 2.23 bits per heavy atom. The van der Waals surface area contributed by atoms with Gasteiger partial charge in [-0.05, 0) is 12.0 Å². The molecule has 0 bridgehead atoms. The fourth-order valence-corrected chi connectivity index (χ4v) is 2.78. The molecular formula is C17H21N3O2. The first-order chi connectivity index (χ1) is 10.7. The minimum Gasteiger partial charge on any atom is -0.374 e. The molecule has 5 nitrogen and oxygen atoms in total. The molecule has 1 amide bonds. The molecule has 2 heterocycles. The van der Waals surface area contributed by atoms with Crippen molar-refractivity contribution in [3.63, 3.8) is 0 Å². The first-order valence-electron chi connectivity index (χ1n) is 7.63. The largest absolute Gasteiger partial charge is 0.374 e. The number of nitrogens with one attached hydrogen (secondary N) is 1. The normalized spacial score (nSPS) is 17.0. The van der Waals surface area contributed by atoms with E-state index in [9.17, 15) is 4.79 Å². The average molecular weight is 299 g/mol. The summed E-state index contributed by atoms with van der Waals surface area (Å²) >= 11 is 0. The molecule has 1 N–H and O–H groups in total. The Kier molecular flexibility index (Phi) is 4.53. The number of rotatable bonds is 5. The van der Waals surface area contributed by atoms with Crippen LogP contribution in [0.15, 0.2) is 36.5 Å². The summed E-state index contributed by atoms with van der Waals surface area (Å²) in [5.74, 6) is 0.276. The Balaban J connectivity index is 1.49. The standard InChI is InChI=1S/C17H21N3O2/c1-20-16-12-22-11-14(15(16)10-19-20)9-18-17(21)8-7-13-5-3-2-4-6-13/h2-6,10,14H,7-9,11-12H2,1H3,(H,18,21). The SMILES string of the molecule is Cn1ncc2c1COCC2CNC(=O)CCc1ccccc1. The summed E-state index contributed by atoms with van der Waals surface area (Å²) in [6.45, 7) is 1.84. The first kappa shape index (κ1) is 14.8. The third-order valence-electron chi connectivity index (χ3n) is 4.12. The molecule has 0 fully saturated rings. The number of benzene rings is 1. The molecule has 1 unspecified atom stereocenters. The molecule has 0 radical (unpaired) electrons. The Hall–Kier alpha value is -2.14. The van der Waals surface area contributed by atoms with Gasteiger partial charge in [-0.1, -0.05) is 30.3 Å². The highest BCUT2D eigenvalue weighted by Gasteiger charge is 2.24. The van der Waals surface area contributed by atoms with Crippen molar-refractivity contribution in [3.05, 3.63) is 53.3 Å². The van der Waals surface area contributed by atoms with Crippen molar-refractivity contribution in [1.29, 1.82) is 0 Å². The molecule has 5 heteroatoms. The maximum Gasteiger partial charge on any atom is 0.220 e. The van der Waals surface area contributed by atoms with Gasteiger partial charge in [0.2, 0.25) is 5.91 Å². The highest BCUT2D eigenvalue weighted by molar-refractivity contribution is 5.76. The smallest absolute Gasteiger partial charge is 0.220 e. The fourth-order valence-electron chi connectivity index (χ4n) is 2.78. The number of ether oxygens (including phenoxy) is 1. The zero-order chi connectivity index (χ0) is 15.4. The van der Waals surface area contributed by atoms with Crippen LogP contribution in [-0.4, -0.2) is 28.8 Å². The maximum absolute atomic E-state index is 12.0. The molecule has 1 atom stereocenters. The Labute approximate surface area is 130 Å². The van der Waals surface area contributed by atoms with Crippen molar-refractivity contribution in [1.82, 2.24) is 15.1 Å². The number of carbonyl (C=O) groups is 1. The first-order valence-corrected chi connectivity index (χ1v) is 7.63. The molecule has 0 saturated carbocycles. The molecule has 2 aromatic rings. The van der Waals surface area contributed by atoms with Gasteiger partial charge in [-0.25, -0.2) is 0 Å². The predicted molar refractivity (Wildman–Crippen MR) is 83.4 cm³/mol. The lowest BCUT2D eigenvalue weighted by atomic mass is 9.98. The zero-order valence-corrected chi connectivity index (χ0v) is 12.8. The van der Waals surface area contributed by atoms with Crippen molar-refractivity contribution in [3.8, 4) is 0 Å². The average Bonchev–Trinajstić information content (AvgIpc) is 2.94. The molecule has 0 saturated heterocycles. The van der Waals surface area contributed by atoms with E-state index in [1.54, 1.807) is 0 Å². The van der Waals surface area contributed by atoms with Gasteiger partial charge in [0.1, 0.15) is 0 Å². The molecule has 1 aromatic carbocycles. The molecule has 0 aliphatic carbocycles. The van der Waals surface area contributed by atoms with E-state index in [1.807, 2.05) is 48.3 Å². The highest BCUT2D eigenvalue weighted by atomic mass is 16.5. The second-order valence-electron chi connectivity index (χ2n) is 5.67. The quantitative estimate of drug-likeness (QED) is 0.915. The van der Waals surface area contributed by atoms with E-state index in [0.717, 1.165) is 12.1 Å². The fraction of sp³-hybridized carbons (Fsp3) is 0.412. The van der Waals surface area contributed by atoms with Crippen molar-refractivity contribution < 1.29 is 9.53 Å². The molecule has 22 heavy (non-hydrogen) atoms. The van der Waals surface area contributed by atoms with Crippen LogP contribution in [0.4, 0.5) is 0 Å². The number of aromatic nitrogens is 2. The molecule has 116 valence electrons. The van der Waals surface area contributed by atoms with Gasteiger partial charge in [-0.2, -0.15) is 5.10 Å². The van der Waals surface area contributed by atoms with E-state index in [4.69, 9.17) is 4.74 Å². The summed E-state index contributed by atoms with van der Waals surface area (Å²) in [7, 11) is 1.92. The number of fused-ring (bicyclic) bond motifs is 1. The molecule has 1 aliphatic heterocycles. The molecule has 1 aliphatic rings. The van der Waals surface area contributed by atoms with Crippen LogP contribution in [0, 0.1) is 0 Å².